The highest BCUT2D eigenvalue weighted by Crippen LogP contribution is 2.24. The molecule has 1 unspecified atom stereocenters. The van der Waals surface area contributed by atoms with Gasteiger partial charge in [0, 0.05) is 7.11 Å². The fourth-order valence-electron chi connectivity index (χ4n) is 1.42. The van der Waals surface area contributed by atoms with Crippen LogP contribution in [0.25, 0.3) is 0 Å². The molecular formula is C10H22O2. The van der Waals surface area contributed by atoms with Gasteiger partial charge in [-0.15, -0.1) is 0 Å². The van der Waals surface area contributed by atoms with E-state index >= 15 is 0 Å². The second-order valence-corrected chi connectivity index (χ2v) is 3.83. The lowest BCUT2D eigenvalue weighted by molar-refractivity contribution is -0.102. The lowest BCUT2D eigenvalue weighted by atomic mass is 9.86. The van der Waals surface area contributed by atoms with E-state index in [4.69, 9.17) is 4.74 Å². The van der Waals surface area contributed by atoms with E-state index in [1.807, 2.05) is 13.8 Å². The van der Waals surface area contributed by atoms with Crippen molar-refractivity contribution in [1.82, 2.24) is 0 Å². The van der Waals surface area contributed by atoms with Crippen LogP contribution in [0, 0.1) is 5.92 Å². The van der Waals surface area contributed by atoms with Crippen LogP contribution in [0.4, 0.5) is 0 Å². The Morgan fingerprint density at radius 1 is 1.25 bits per heavy atom. The maximum Gasteiger partial charge on any atom is 0.0883 e. The van der Waals surface area contributed by atoms with Gasteiger partial charge in [0.15, 0.2) is 0 Å². The number of ether oxygens (including phenoxy) is 1. The molecule has 0 spiro atoms. The quantitative estimate of drug-likeness (QED) is 0.692. The first-order chi connectivity index (χ1) is 5.49. The maximum absolute atomic E-state index is 9.91. The average Bonchev–Trinajstić information content (AvgIpc) is 2.06. The van der Waals surface area contributed by atoms with Gasteiger partial charge in [-0.05, 0) is 19.8 Å². The van der Waals surface area contributed by atoms with E-state index in [2.05, 4.69) is 13.8 Å². The number of aliphatic hydroxyl groups excluding tert-OH is 1. The second-order valence-electron chi connectivity index (χ2n) is 3.83. The van der Waals surface area contributed by atoms with Gasteiger partial charge in [-0.25, -0.2) is 0 Å². The molecule has 0 aliphatic rings. The van der Waals surface area contributed by atoms with Gasteiger partial charge in [0.05, 0.1) is 11.7 Å². The molecule has 0 heterocycles. The minimum Gasteiger partial charge on any atom is -0.390 e. The van der Waals surface area contributed by atoms with Gasteiger partial charge in [-0.3, -0.25) is 0 Å². The lowest BCUT2D eigenvalue weighted by Gasteiger charge is -2.34. The van der Waals surface area contributed by atoms with Crippen molar-refractivity contribution in [3.05, 3.63) is 0 Å². The van der Waals surface area contributed by atoms with Crippen molar-refractivity contribution in [3.63, 3.8) is 0 Å². The third-order valence-corrected chi connectivity index (χ3v) is 2.73. The smallest absolute Gasteiger partial charge is 0.0883 e. The van der Waals surface area contributed by atoms with Crippen LogP contribution < -0.4 is 0 Å². The third-order valence-electron chi connectivity index (χ3n) is 2.73. The third kappa shape index (κ3) is 2.76. The highest BCUT2D eigenvalue weighted by molar-refractivity contribution is 4.83. The largest absolute Gasteiger partial charge is 0.390 e. The summed E-state index contributed by atoms with van der Waals surface area (Å²) in [7, 11) is 1.64. The summed E-state index contributed by atoms with van der Waals surface area (Å²) in [5, 5.41) is 9.91. The molecule has 0 radical (unpaired) electrons. The first-order valence-electron chi connectivity index (χ1n) is 4.72. The molecule has 0 aliphatic heterocycles. The fraction of sp³-hybridized carbons (Fsp3) is 1.00. The number of aliphatic hydroxyl groups is 1. The second kappa shape index (κ2) is 4.83. The molecule has 1 N–H and O–H groups in total. The summed E-state index contributed by atoms with van der Waals surface area (Å²) in [6.07, 6.45) is 1.65. The van der Waals surface area contributed by atoms with Gasteiger partial charge in [-0.1, -0.05) is 26.7 Å². The molecule has 0 aromatic rings. The van der Waals surface area contributed by atoms with Crippen LogP contribution >= 0.6 is 0 Å². The summed E-state index contributed by atoms with van der Waals surface area (Å²) in [5.74, 6) is 0.347. The number of rotatable bonds is 5. The van der Waals surface area contributed by atoms with Crippen LogP contribution in [-0.4, -0.2) is 23.9 Å². The highest BCUT2D eigenvalue weighted by atomic mass is 16.5. The first kappa shape index (κ1) is 11.9. The molecule has 0 saturated heterocycles. The molecule has 2 heteroatoms. The molecule has 0 aromatic heterocycles. The van der Waals surface area contributed by atoms with E-state index in [1.54, 1.807) is 7.11 Å². The first-order valence-corrected chi connectivity index (χ1v) is 4.72. The summed E-state index contributed by atoms with van der Waals surface area (Å²) in [4.78, 5) is 0. The molecule has 0 rings (SSSR count). The summed E-state index contributed by atoms with van der Waals surface area (Å²) < 4.78 is 5.23. The highest BCUT2D eigenvalue weighted by Gasteiger charge is 2.32. The predicted octanol–water partition coefficient (Wildman–Crippen LogP) is 2.21. The Balaban J connectivity index is 4.23. The predicted molar refractivity (Wildman–Crippen MR) is 51.2 cm³/mol. The Kier molecular flexibility index (Phi) is 4.80. The molecule has 12 heavy (non-hydrogen) atoms. The zero-order valence-corrected chi connectivity index (χ0v) is 8.92. The molecule has 0 aliphatic carbocycles. The van der Waals surface area contributed by atoms with Crippen molar-refractivity contribution in [3.8, 4) is 0 Å². The minimum absolute atomic E-state index is 0.347. The topological polar surface area (TPSA) is 29.5 Å². The molecule has 74 valence electrons. The van der Waals surface area contributed by atoms with Crippen molar-refractivity contribution < 1.29 is 9.84 Å². The average molecular weight is 174 g/mol. The summed E-state index contributed by atoms with van der Waals surface area (Å²) in [6, 6.07) is 0. The standard InChI is InChI=1S/C10H22O2/c1-6-8(7-2)9(11)10(3,4)12-5/h8-9,11H,6-7H2,1-5H3. The zero-order valence-electron chi connectivity index (χ0n) is 8.92. The Morgan fingerprint density at radius 2 is 1.67 bits per heavy atom. The Morgan fingerprint density at radius 3 is 1.92 bits per heavy atom. The lowest BCUT2D eigenvalue weighted by Crippen LogP contribution is -2.42. The molecule has 0 saturated carbocycles. The zero-order chi connectivity index (χ0) is 9.78. The van der Waals surface area contributed by atoms with Crippen LogP contribution in [0.15, 0.2) is 0 Å². The van der Waals surface area contributed by atoms with Gasteiger partial charge < -0.3 is 9.84 Å². The van der Waals surface area contributed by atoms with E-state index in [-0.39, 0.29) is 6.10 Å². The Hall–Kier alpha value is -0.0800. The molecule has 1 atom stereocenters. The normalized spacial score (nSPS) is 15.2. The fourth-order valence-corrected chi connectivity index (χ4v) is 1.42. The van der Waals surface area contributed by atoms with Gasteiger partial charge in [-0.2, -0.15) is 0 Å². The van der Waals surface area contributed by atoms with E-state index in [9.17, 15) is 5.11 Å². The van der Waals surface area contributed by atoms with Gasteiger partial charge in [0.2, 0.25) is 0 Å². The van der Waals surface area contributed by atoms with E-state index in [0.29, 0.717) is 5.92 Å². The SMILES string of the molecule is CCC(CC)C(O)C(C)(C)OC. The van der Waals surface area contributed by atoms with Crippen LogP contribution in [-0.2, 0) is 4.74 Å². The molecule has 0 aromatic carbocycles. The maximum atomic E-state index is 9.91. The molecular weight excluding hydrogens is 152 g/mol. The van der Waals surface area contributed by atoms with Crippen molar-refractivity contribution in [2.75, 3.05) is 7.11 Å². The molecule has 2 nitrogen and oxygen atoms in total. The van der Waals surface area contributed by atoms with Crippen LogP contribution in [0.2, 0.25) is 0 Å². The molecule has 0 fully saturated rings. The minimum atomic E-state index is -0.420. The summed E-state index contributed by atoms with van der Waals surface area (Å²) >= 11 is 0. The Bertz CT molecular complexity index is 117. The monoisotopic (exact) mass is 174 g/mol. The molecule has 0 bridgehead atoms. The van der Waals surface area contributed by atoms with E-state index in [1.165, 1.54) is 0 Å². The van der Waals surface area contributed by atoms with Crippen LogP contribution in [0.1, 0.15) is 40.5 Å². The van der Waals surface area contributed by atoms with Gasteiger partial charge in [0.25, 0.3) is 0 Å². The number of hydrogen-bond donors (Lipinski definition) is 1. The van der Waals surface area contributed by atoms with Crippen LogP contribution in [0.3, 0.4) is 0 Å². The summed E-state index contributed by atoms with van der Waals surface area (Å²) in [6.45, 7) is 8.05. The number of methoxy groups -OCH3 is 1. The van der Waals surface area contributed by atoms with Crippen molar-refractivity contribution in [2.45, 2.75) is 52.2 Å². The Labute approximate surface area is 75.9 Å². The van der Waals surface area contributed by atoms with E-state index in [0.717, 1.165) is 12.8 Å². The number of hydrogen-bond acceptors (Lipinski definition) is 2. The van der Waals surface area contributed by atoms with Crippen molar-refractivity contribution in [2.24, 2.45) is 5.92 Å². The van der Waals surface area contributed by atoms with Gasteiger partial charge >= 0.3 is 0 Å². The summed E-state index contributed by atoms with van der Waals surface area (Å²) in [5.41, 5.74) is -0.420. The van der Waals surface area contributed by atoms with Crippen molar-refractivity contribution >= 4 is 0 Å². The van der Waals surface area contributed by atoms with Crippen LogP contribution in [0.5, 0.6) is 0 Å². The van der Waals surface area contributed by atoms with Crippen molar-refractivity contribution in [1.29, 1.82) is 0 Å². The van der Waals surface area contributed by atoms with E-state index < -0.39 is 5.60 Å². The van der Waals surface area contributed by atoms with Gasteiger partial charge in [0.1, 0.15) is 0 Å². The molecule has 0 amide bonds.